The van der Waals surface area contributed by atoms with Crippen molar-refractivity contribution in [2.24, 2.45) is 10.9 Å². The highest BCUT2D eigenvalue weighted by atomic mass is 19.4. The highest BCUT2D eigenvalue weighted by Crippen LogP contribution is 2.43. The van der Waals surface area contributed by atoms with Gasteiger partial charge in [0.25, 0.3) is 5.91 Å². The second-order valence-corrected chi connectivity index (χ2v) is 8.84. The number of aryl methyl sites for hydroxylation is 1. The molecule has 1 aromatic heterocycles. The van der Waals surface area contributed by atoms with Crippen LogP contribution in [-0.4, -0.2) is 47.9 Å². The van der Waals surface area contributed by atoms with E-state index in [0.29, 0.717) is 31.5 Å². The number of likely N-dealkylation sites (tertiary alicyclic amines) is 1. The highest BCUT2D eigenvalue weighted by molar-refractivity contribution is 6.11. The lowest BCUT2D eigenvalue weighted by molar-refractivity contribution is -0.129. The average Bonchev–Trinajstić information content (AvgIpc) is 3.27. The van der Waals surface area contributed by atoms with Crippen molar-refractivity contribution < 1.29 is 31.5 Å². The van der Waals surface area contributed by atoms with Crippen molar-refractivity contribution in [3.63, 3.8) is 0 Å². The molecule has 1 atom stereocenters. The van der Waals surface area contributed by atoms with Crippen LogP contribution in [0.5, 0.6) is 5.88 Å². The van der Waals surface area contributed by atoms with Crippen LogP contribution in [0.4, 0.5) is 22.0 Å². The van der Waals surface area contributed by atoms with Crippen LogP contribution in [0, 0.1) is 28.9 Å². The van der Waals surface area contributed by atoms with Crippen molar-refractivity contribution in [1.29, 1.82) is 5.26 Å². The first kappa shape index (κ1) is 26.3. The molecule has 4 rings (SSSR count). The number of hydrogen-bond acceptors (Lipinski definition) is 5. The molecule has 1 saturated heterocycles. The number of rotatable bonds is 6. The molecule has 1 amide bonds. The van der Waals surface area contributed by atoms with Crippen molar-refractivity contribution >= 4 is 11.6 Å². The van der Waals surface area contributed by atoms with E-state index < -0.39 is 40.9 Å². The minimum absolute atomic E-state index is 0.0267. The number of ether oxygens (including phenoxy) is 1. The predicted octanol–water partition coefficient (Wildman–Crippen LogP) is 5.12. The summed E-state index contributed by atoms with van der Waals surface area (Å²) in [6.07, 6.45) is -1.59. The molecule has 0 saturated carbocycles. The fourth-order valence-electron chi connectivity index (χ4n) is 4.68. The molecule has 1 unspecified atom stereocenters. The number of pyridine rings is 1. The number of methoxy groups -OCH3 is 1. The van der Waals surface area contributed by atoms with Crippen LogP contribution in [0.1, 0.15) is 42.4 Å². The van der Waals surface area contributed by atoms with Crippen molar-refractivity contribution in [2.45, 2.75) is 38.3 Å². The largest absolute Gasteiger partial charge is 0.479 e. The number of allylic oxidation sites excluding steroid dienone is 1. The number of carbonyl (C=O) groups is 1. The van der Waals surface area contributed by atoms with Crippen LogP contribution in [0.15, 0.2) is 46.7 Å². The van der Waals surface area contributed by atoms with Crippen molar-refractivity contribution in [1.82, 2.24) is 9.88 Å². The summed E-state index contributed by atoms with van der Waals surface area (Å²) in [7, 11) is 1.24. The Balaban J connectivity index is 1.76. The Bertz CT molecular complexity index is 1310. The lowest BCUT2D eigenvalue weighted by Crippen LogP contribution is -2.37. The molecule has 1 fully saturated rings. The van der Waals surface area contributed by atoms with Gasteiger partial charge in [-0.25, -0.2) is 18.8 Å². The maximum absolute atomic E-state index is 14.5. The molecule has 0 radical (unpaired) electrons. The van der Waals surface area contributed by atoms with Crippen molar-refractivity contribution in [3.05, 3.63) is 70.1 Å². The predicted molar refractivity (Wildman–Crippen MR) is 124 cm³/mol. The first-order valence-corrected chi connectivity index (χ1v) is 11.7. The molecule has 2 aliphatic heterocycles. The number of aliphatic imine (C=N–C) groups is 1. The van der Waals surface area contributed by atoms with Gasteiger partial charge in [-0.05, 0) is 61.4 Å². The van der Waals surface area contributed by atoms with Gasteiger partial charge in [-0.2, -0.15) is 18.4 Å². The Labute approximate surface area is 210 Å². The van der Waals surface area contributed by atoms with Crippen LogP contribution in [0.25, 0.3) is 0 Å². The van der Waals surface area contributed by atoms with E-state index in [1.807, 2.05) is 0 Å². The number of alkyl halides is 3. The molecule has 0 aliphatic carbocycles. The number of carbonyl (C=O) groups excluding carboxylic acids is 1. The minimum Gasteiger partial charge on any atom is -0.479 e. The molecular weight excluding hydrogens is 495 g/mol. The fourth-order valence-corrected chi connectivity index (χ4v) is 4.68. The average molecular weight is 518 g/mol. The number of piperidine rings is 1. The maximum atomic E-state index is 14.5. The van der Waals surface area contributed by atoms with Crippen LogP contribution < -0.4 is 4.74 Å². The van der Waals surface area contributed by atoms with E-state index in [-0.39, 0.29) is 35.6 Å². The molecular formula is C26H23F5N4O2. The van der Waals surface area contributed by atoms with Gasteiger partial charge < -0.3 is 9.64 Å². The second kappa shape index (κ2) is 10.7. The van der Waals surface area contributed by atoms with E-state index in [1.54, 1.807) is 6.07 Å². The highest BCUT2D eigenvalue weighted by Gasteiger charge is 2.48. The third-order valence-electron chi connectivity index (χ3n) is 6.48. The summed E-state index contributed by atoms with van der Waals surface area (Å²) in [6, 6.07) is 6.20. The van der Waals surface area contributed by atoms with Crippen LogP contribution >= 0.6 is 0 Å². The van der Waals surface area contributed by atoms with Gasteiger partial charge in [0.1, 0.15) is 17.6 Å². The van der Waals surface area contributed by atoms with Gasteiger partial charge in [0.15, 0.2) is 5.82 Å². The molecule has 37 heavy (non-hydrogen) atoms. The summed E-state index contributed by atoms with van der Waals surface area (Å²) in [5, 5.41) is 9.03. The number of aromatic nitrogens is 1. The summed E-state index contributed by atoms with van der Waals surface area (Å²) >= 11 is 0. The fraction of sp³-hybridized carbons (Fsp3) is 0.385. The lowest BCUT2D eigenvalue weighted by atomic mass is 9.85. The standard InChI is InChI=1S/C26H23F5N4O2/c1-37-24-20(28)11-15(14-33-24)5-8-18-21(26(29,30)31)23(25(36)35-9-3-2-4-10-35)34-22(18)16-6-7-17(13-32)19(27)12-16/h6-7,11-12,14,18H,2-5,8-10H2,1H3. The Morgan fingerprint density at radius 2 is 1.89 bits per heavy atom. The molecule has 0 N–H and O–H groups in total. The number of nitrogens with zero attached hydrogens (tertiary/aromatic N) is 4. The normalized spacial score (nSPS) is 18.0. The first-order valence-electron chi connectivity index (χ1n) is 11.7. The summed E-state index contributed by atoms with van der Waals surface area (Å²) in [5.74, 6) is -4.15. The van der Waals surface area contributed by atoms with E-state index in [0.717, 1.165) is 24.6 Å². The molecule has 2 aliphatic rings. The molecule has 6 nitrogen and oxygen atoms in total. The SMILES string of the molecule is COc1ncc(CCC2C(c3ccc(C#N)c(F)c3)=NC(C(=O)N3CCCCC3)=C2C(F)(F)F)cc1F. The Hall–Kier alpha value is -3.81. The second-order valence-electron chi connectivity index (χ2n) is 8.84. The number of amides is 1. The summed E-state index contributed by atoms with van der Waals surface area (Å²) in [4.78, 5) is 22.5. The maximum Gasteiger partial charge on any atom is 0.415 e. The number of hydrogen-bond donors (Lipinski definition) is 0. The zero-order valence-corrected chi connectivity index (χ0v) is 19.9. The Kier molecular flexibility index (Phi) is 7.57. The number of nitriles is 1. The van der Waals surface area contributed by atoms with Gasteiger partial charge in [-0.1, -0.05) is 6.07 Å². The topological polar surface area (TPSA) is 78.6 Å². The first-order chi connectivity index (χ1) is 17.6. The molecule has 194 valence electrons. The van der Waals surface area contributed by atoms with E-state index >= 15 is 0 Å². The van der Waals surface area contributed by atoms with Gasteiger partial charge in [0.2, 0.25) is 5.88 Å². The van der Waals surface area contributed by atoms with Crippen LogP contribution in [0.3, 0.4) is 0 Å². The summed E-state index contributed by atoms with van der Waals surface area (Å²) < 4.78 is 76.7. The minimum atomic E-state index is -4.90. The van der Waals surface area contributed by atoms with Gasteiger partial charge in [0, 0.05) is 25.2 Å². The van der Waals surface area contributed by atoms with Gasteiger partial charge >= 0.3 is 6.18 Å². The number of halogens is 5. The molecule has 0 spiro atoms. The van der Waals surface area contributed by atoms with Crippen molar-refractivity contribution in [2.75, 3.05) is 20.2 Å². The van der Waals surface area contributed by atoms with E-state index in [4.69, 9.17) is 10.00 Å². The monoisotopic (exact) mass is 518 g/mol. The van der Waals surface area contributed by atoms with Crippen molar-refractivity contribution in [3.8, 4) is 11.9 Å². The third kappa shape index (κ3) is 5.48. The van der Waals surface area contributed by atoms with E-state index in [2.05, 4.69) is 9.98 Å². The van der Waals surface area contributed by atoms with E-state index in [9.17, 15) is 26.7 Å². The quantitative estimate of drug-likeness (QED) is 0.498. The summed E-state index contributed by atoms with van der Waals surface area (Å²) in [6.45, 7) is 0.649. The van der Waals surface area contributed by atoms with Gasteiger partial charge in [-0.15, -0.1) is 0 Å². The third-order valence-corrected chi connectivity index (χ3v) is 6.48. The zero-order chi connectivity index (χ0) is 26.7. The van der Waals surface area contributed by atoms with Crippen LogP contribution in [0.2, 0.25) is 0 Å². The molecule has 3 heterocycles. The van der Waals surface area contributed by atoms with E-state index in [1.165, 1.54) is 24.3 Å². The Morgan fingerprint density at radius 3 is 2.49 bits per heavy atom. The van der Waals surface area contributed by atoms with Crippen LogP contribution in [-0.2, 0) is 11.2 Å². The number of benzene rings is 1. The smallest absolute Gasteiger partial charge is 0.415 e. The lowest BCUT2D eigenvalue weighted by Gasteiger charge is -2.27. The Morgan fingerprint density at radius 1 is 1.16 bits per heavy atom. The molecule has 0 bridgehead atoms. The molecule has 1 aromatic carbocycles. The summed E-state index contributed by atoms with van der Waals surface area (Å²) in [5.41, 5.74) is -1.86. The molecule has 11 heteroatoms. The van der Waals surface area contributed by atoms with Gasteiger partial charge in [-0.3, -0.25) is 4.79 Å². The molecule has 2 aromatic rings. The van der Waals surface area contributed by atoms with Gasteiger partial charge in [0.05, 0.1) is 24.0 Å². The zero-order valence-electron chi connectivity index (χ0n) is 19.9.